The molecule has 1 aromatic rings. The highest BCUT2D eigenvalue weighted by Gasteiger charge is 2.11. The molecule has 0 radical (unpaired) electrons. The monoisotopic (exact) mass is 267 g/mol. The van der Waals surface area contributed by atoms with Crippen molar-refractivity contribution in [2.24, 2.45) is 0 Å². The quantitative estimate of drug-likeness (QED) is 0.317. The van der Waals surface area contributed by atoms with E-state index in [2.05, 4.69) is 16.6 Å². The lowest BCUT2D eigenvalue weighted by atomic mass is 10.3. The number of carbonyl (C=O) groups is 2. The summed E-state index contributed by atoms with van der Waals surface area (Å²) in [5.41, 5.74) is 0. The molecule has 0 saturated heterocycles. The van der Waals surface area contributed by atoms with Crippen LogP contribution in [0.2, 0.25) is 0 Å². The van der Waals surface area contributed by atoms with E-state index >= 15 is 0 Å². The summed E-state index contributed by atoms with van der Waals surface area (Å²) in [6.45, 7) is 3.21. The number of benzene rings is 1. The first-order chi connectivity index (χ1) is 9.04. The molecule has 102 valence electrons. The number of nitrogens with one attached hydrogen (secondary N) is 1. The maximum Gasteiger partial charge on any atom is 0.412 e. The van der Waals surface area contributed by atoms with Crippen LogP contribution in [0.25, 0.3) is 0 Å². The molecule has 0 unspecified atom stereocenters. The molecule has 0 aliphatic carbocycles. The number of esters is 1. The standard InChI is InChI=1S/C12H13NO6/c1-2-10(15)18-7-6-13-12(17)19-9-5-3-4-8(14)11(9)16/h2-5,14,16H,1,6-7H2,(H,13,17). The van der Waals surface area contributed by atoms with Crippen molar-refractivity contribution in [2.45, 2.75) is 0 Å². The number of hydrogen-bond donors (Lipinski definition) is 3. The van der Waals surface area contributed by atoms with E-state index in [9.17, 15) is 19.8 Å². The zero-order valence-electron chi connectivity index (χ0n) is 9.96. The number of rotatable bonds is 5. The second-order valence-corrected chi connectivity index (χ2v) is 3.31. The van der Waals surface area contributed by atoms with Crippen LogP contribution in [0.1, 0.15) is 0 Å². The maximum absolute atomic E-state index is 11.3. The van der Waals surface area contributed by atoms with Gasteiger partial charge in [-0.3, -0.25) is 0 Å². The van der Waals surface area contributed by atoms with Crippen LogP contribution in [-0.2, 0) is 9.53 Å². The Morgan fingerprint density at radius 3 is 2.79 bits per heavy atom. The Balaban J connectivity index is 2.37. The first-order valence-electron chi connectivity index (χ1n) is 5.30. The minimum absolute atomic E-state index is 0.0357. The third-order valence-corrected chi connectivity index (χ3v) is 1.96. The van der Waals surface area contributed by atoms with Gasteiger partial charge in [-0.25, -0.2) is 9.59 Å². The van der Waals surface area contributed by atoms with Crippen molar-refractivity contribution in [2.75, 3.05) is 13.2 Å². The van der Waals surface area contributed by atoms with Gasteiger partial charge in [0.1, 0.15) is 6.61 Å². The first-order valence-corrected chi connectivity index (χ1v) is 5.30. The molecule has 0 saturated carbocycles. The zero-order chi connectivity index (χ0) is 14.3. The van der Waals surface area contributed by atoms with E-state index in [0.717, 1.165) is 6.08 Å². The Hall–Kier alpha value is -2.70. The average Bonchev–Trinajstić information content (AvgIpc) is 2.39. The third-order valence-electron chi connectivity index (χ3n) is 1.96. The van der Waals surface area contributed by atoms with Crippen molar-refractivity contribution in [3.63, 3.8) is 0 Å². The van der Waals surface area contributed by atoms with Crippen LogP contribution >= 0.6 is 0 Å². The summed E-state index contributed by atoms with van der Waals surface area (Å²) in [6, 6.07) is 3.96. The van der Waals surface area contributed by atoms with E-state index in [-0.39, 0.29) is 18.9 Å². The summed E-state index contributed by atoms with van der Waals surface area (Å²) >= 11 is 0. The number of amides is 1. The van der Waals surface area contributed by atoms with Gasteiger partial charge >= 0.3 is 12.1 Å². The van der Waals surface area contributed by atoms with Gasteiger partial charge in [-0.15, -0.1) is 0 Å². The zero-order valence-corrected chi connectivity index (χ0v) is 9.96. The predicted molar refractivity (Wildman–Crippen MR) is 65.0 cm³/mol. The average molecular weight is 267 g/mol. The van der Waals surface area contributed by atoms with Crippen molar-refractivity contribution < 1.29 is 29.3 Å². The van der Waals surface area contributed by atoms with E-state index < -0.39 is 23.6 Å². The predicted octanol–water partition coefficient (Wildman–Crippen LogP) is 0.915. The molecule has 1 amide bonds. The highest BCUT2D eigenvalue weighted by atomic mass is 16.6. The molecule has 7 heteroatoms. The number of carbonyl (C=O) groups excluding carboxylic acids is 2. The van der Waals surface area contributed by atoms with E-state index in [1.165, 1.54) is 18.2 Å². The minimum Gasteiger partial charge on any atom is -0.504 e. The number of phenols is 2. The molecule has 19 heavy (non-hydrogen) atoms. The Morgan fingerprint density at radius 2 is 2.11 bits per heavy atom. The van der Waals surface area contributed by atoms with Crippen LogP contribution in [0, 0.1) is 0 Å². The van der Waals surface area contributed by atoms with Gasteiger partial charge in [0, 0.05) is 6.08 Å². The second-order valence-electron chi connectivity index (χ2n) is 3.31. The molecule has 0 bridgehead atoms. The van der Waals surface area contributed by atoms with Crippen LogP contribution in [0.4, 0.5) is 4.79 Å². The smallest absolute Gasteiger partial charge is 0.412 e. The second kappa shape index (κ2) is 6.90. The van der Waals surface area contributed by atoms with Crippen molar-refractivity contribution in [1.29, 1.82) is 0 Å². The van der Waals surface area contributed by atoms with Gasteiger partial charge in [-0.1, -0.05) is 12.6 Å². The SMILES string of the molecule is C=CC(=O)OCCNC(=O)Oc1cccc(O)c1O. The fourth-order valence-electron chi connectivity index (χ4n) is 1.09. The Bertz CT molecular complexity index is 485. The van der Waals surface area contributed by atoms with Gasteiger partial charge in [0.25, 0.3) is 0 Å². The summed E-state index contributed by atoms with van der Waals surface area (Å²) in [5.74, 6) is -1.71. The molecular formula is C12H13NO6. The lowest BCUT2D eigenvalue weighted by Gasteiger charge is -2.08. The number of aromatic hydroxyl groups is 2. The van der Waals surface area contributed by atoms with Gasteiger partial charge in [0.15, 0.2) is 11.5 Å². The summed E-state index contributed by atoms with van der Waals surface area (Å²) < 4.78 is 9.36. The summed E-state index contributed by atoms with van der Waals surface area (Å²) in [5, 5.41) is 20.9. The van der Waals surface area contributed by atoms with Crippen molar-refractivity contribution in [1.82, 2.24) is 5.32 Å². The van der Waals surface area contributed by atoms with Crippen LogP contribution in [-0.4, -0.2) is 35.4 Å². The molecule has 0 aliphatic rings. The molecule has 0 aromatic heterocycles. The third kappa shape index (κ3) is 4.58. The van der Waals surface area contributed by atoms with Crippen LogP contribution < -0.4 is 10.1 Å². The van der Waals surface area contributed by atoms with Crippen molar-refractivity contribution >= 4 is 12.1 Å². The summed E-state index contributed by atoms with van der Waals surface area (Å²) in [6.07, 6.45) is 0.152. The number of para-hydroxylation sites is 1. The van der Waals surface area contributed by atoms with Crippen LogP contribution in [0.3, 0.4) is 0 Å². The van der Waals surface area contributed by atoms with E-state index in [1.807, 2.05) is 0 Å². The highest BCUT2D eigenvalue weighted by Crippen LogP contribution is 2.34. The molecule has 3 N–H and O–H groups in total. The Labute approximate surface area is 109 Å². The molecule has 0 fully saturated rings. The lowest BCUT2D eigenvalue weighted by molar-refractivity contribution is -0.137. The van der Waals surface area contributed by atoms with E-state index in [0.29, 0.717) is 0 Å². The number of phenolic OH excluding ortho intramolecular Hbond substituents is 2. The lowest BCUT2D eigenvalue weighted by Crippen LogP contribution is -2.30. The van der Waals surface area contributed by atoms with Gasteiger partial charge in [0.2, 0.25) is 5.75 Å². The largest absolute Gasteiger partial charge is 0.504 e. The van der Waals surface area contributed by atoms with Gasteiger partial charge in [-0.05, 0) is 12.1 Å². The molecule has 0 spiro atoms. The molecule has 0 aliphatic heterocycles. The van der Waals surface area contributed by atoms with Gasteiger partial charge < -0.3 is 25.0 Å². The Kier molecular flexibility index (Phi) is 5.21. The fraction of sp³-hybridized carbons (Fsp3) is 0.167. The summed E-state index contributed by atoms with van der Waals surface area (Å²) in [4.78, 5) is 22.0. The minimum atomic E-state index is -0.851. The number of ether oxygens (including phenoxy) is 2. The first kappa shape index (κ1) is 14.4. The van der Waals surface area contributed by atoms with Crippen molar-refractivity contribution in [3.8, 4) is 17.2 Å². The van der Waals surface area contributed by atoms with E-state index in [1.54, 1.807) is 0 Å². The number of hydrogen-bond acceptors (Lipinski definition) is 6. The maximum atomic E-state index is 11.3. The molecule has 1 rings (SSSR count). The summed E-state index contributed by atoms with van der Waals surface area (Å²) in [7, 11) is 0. The van der Waals surface area contributed by atoms with Crippen LogP contribution in [0.5, 0.6) is 17.2 Å². The van der Waals surface area contributed by atoms with Crippen molar-refractivity contribution in [3.05, 3.63) is 30.9 Å². The van der Waals surface area contributed by atoms with Gasteiger partial charge in [-0.2, -0.15) is 0 Å². The van der Waals surface area contributed by atoms with Gasteiger partial charge in [0.05, 0.1) is 6.54 Å². The fourth-order valence-corrected chi connectivity index (χ4v) is 1.09. The normalized spacial score (nSPS) is 9.47. The van der Waals surface area contributed by atoms with Crippen LogP contribution in [0.15, 0.2) is 30.9 Å². The molecular weight excluding hydrogens is 254 g/mol. The van der Waals surface area contributed by atoms with E-state index in [4.69, 9.17) is 4.74 Å². The molecule has 0 heterocycles. The molecule has 1 aromatic carbocycles. The molecule has 0 atom stereocenters. The Morgan fingerprint density at radius 1 is 1.37 bits per heavy atom. The molecule has 7 nitrogen and oxygen atoms in total. The highest BCUT2D eigenvalue weighted by molar-refractivity contribution is 5.81. The topological polar surface area (TPSA) is 105 Å².